The first kappa shape index (κ1) is 21.2. The molecule has 0 radical (unpaired) electrons. The van der Waals surface area contributed by atoms with Crippen LogP contribution in [0.15, 0.2) is 26.3 Å². The molecule has 0 saturated heterocycles. The highest BCUT2D eigenvalue weighted by molar-refractivity contribution is 8.16. The molecule has 27 heavy (non-hydrogen) atoms. The van der Waals surface area contributed by atoms with Gasteiger partial charge in [-0.3, -0.25) is 15.3 Å². The average molecular weight is 395 g/mol. The molecule has 0 spiro atoms. The van der Waals surface area contributed by atoms with Crippen molar-refractivity contribution < 1.29 is 18.7 Å². The van der Waals surface area contributed by atoms with Gasteiger partial charge in [0.1, 0.15) is 16.6 Å². The maximum absolute atomic E-state index is 12.8. The molecule has 0 unspecified atom stereocenters. The van der Waals surface area contributed by atoms with E-state index in [4.69, 9.17) is 14.9 Å². The van der Waals surface area contributed by atoms with E-state index in [0.29, 0.717) is 18.8 Å². The van der Waals surface area contributed by atoms with Crippen molar-refractivity contribution in [1.82, 2.24) is 5.32 Å². The number of amides is 1. The van der Waals surface area contributed by atoms with E-state index in [9.17, 15) is 14.4 Å². The number of rotatable bonds is 8. The fourth-order valence-electron chi connectivity index (χ4n) is 2.62. The molecule has 2 rings (SSSR count). The van der Waals surface area contributed by atoms with E-state index in [-0.39, 0.29) is 28.3 Å². The topological polar surface area (TPSA) is 124 Å². The van der Waals surface area contributed by atoms with Gasteiger partial charge in [0.15, 0.2) is 11.4 Å². The highest BCUT2D eigenvalue weighted by Gasteiger charge is 2.41. The second-order valence-electron chi connectivity index (χ2n) is 6.79. The number of Topliss-reactive ketones (excluding diaryl/α,β-unsaturated/α-hetero) is 1. The molecule has 1 aliphatic rings. The zero-order valence-corrected chi connectivity index (χ0v) is 16.7. The molecular formula is C18H25N3O5S. The summed E-state index contributed by atoms with van der Waals surface area (Å²) in [6.07, 6.45) is 0.525. The van der Waals surface area contributed by atoms with E-state index < -0.39 is 23.2 Å². The number of nitrogens with one attached hydrogen (secondary N) is 1. The van der Waals surface area contributed by atoms with Gasteiger partial charge < -0.3 is 14.5 Å². The van der Waals surface area contributed by atoms with Crippen LogP contribution in [0.2, 0.25) is 0 Å². The molecule has 1 aromatic rings. The van der Waals surface area contributed by atoms with Crippen LogP contribution >= 0.6 is 11.8 Å². The molecule has 2 heterocycles. The number of thioether (sulfide) groups is 1. The monoisotopic (exact) mass is 395 g/mol. The van der Waals surface area contributed by atoms with Crippen molar-refractivity contribution in [3.63, 3.8) is 0 Å². The fraction of sp³-hybridized carbons (Fsp3) is 0.556. The second kappa shape index (κ2) is 8.71. The van der Waals surface area contributed by atoms with E-state index in [1.807, 2.05) is 20.8 Å². The van der Waals surface area contributed by atoms with E-state index >= 15 is 0 Å². The zero-order chi connectivity index (χ0) is 20.2. The van der Waals surface area contributed by atoms with Gasteiger partial charge in [-0.1, -0.05) is 25.6 Å². The van der Waals surface area contributed by atoms with Crippen LogP contribution in [0.25, 0.3) is 0 Å². The van der Waals surface area contributed by atoms with Crippen LogP contribution in [0.1, 0.15) is 45.9 Å². The van der Waals surface area contributed by atoms with E-state index in [1.54, 1.807) is 6.07 Å². The molecule has 0 aliphatic carbocycles. The summed E-state index contributed by atoms with van der Waals surface area (Å²) in [7, 11) is 0. The highest BCUT2D eigenvalue weighted by atomic mass is 32.2. The third kappa shape index (κ3) is 5.43. The van der Waals surface area contributed by atoms with Gasteiger partial charge in [0.05, 0.1) is 18.7 Å². The Kier molecular flexibility index (Phi) is 6.83. The Balaban J connectivity index is 2.29. The minimum Gasteiger partial charge on any atom is -0.493 e. The van der Waals surface area contributed by atoms with Gasteiger partial charge in [-0.25, -0.2) is 9.79 Å². The summed E-state index contributed by atoms with van der Waals surface area (Å²) in [5, 5.41) is 3.05. The summed E-state index contributed by atoms with van der Waals surface area (Å²) in [5.74, 6) is 0.293. The summed E-state index contributed by atoms with van der Waals surface area (Å²) in [4.78, 5) is 40.2. The van der Waals surface area contributed by atoms with Gasteiger partial charge in [0, 0.05) is 18.7 Å². The molecule has 0 saturated carbocycles. The van der Waals surface area contributed by atoms with Gasteiger partial charge in [-0.15, -0.1) is 0 Å². The van der Waals surface area contributed by atoms with E-state index in [0.717, 1.165) is 11.8 Å². The summed E-state index contributed by atoms with van der Waals surface area (Å²) in [6, 6.07) is 2.27. The maximum atomic E-state index is 12.8. The molecule has 8 nitrogen and oxygen atoms in total. The number of carbonyl (C=O) groups is 2. The Morgan fingerprint density at radius 2 is 2.15 bits per heavy atom. The van der Waals surface area contributed by atoms with Crippen molar-refractivity contribution in [3.8, 4) is 5.75 Å². The summed E-state index contributed by atoms with van der Waals surface area (Å²) in [5.41, 5.74) is 4.02. The van der Waals surface area contributed by atoms with Crippen LogP contribution in [-0.4, -0.2) is 34.8 Å². The number of aliphatic imine (C=N–C) groups is 1. The SMILES string of the molecule is CCOc1cc([C@@H](CC(C)C)NC(=O)[C@]2(N)CSC(C(C)=O)=N2)oc(=O)c1. The Hall–Kier alpha value is -2.13. The van der Waals surface area contributed by atoms with E-state index in [1.165, 1.54) is 13.0 Å². The Labute approximate surface area is 161 Å². The lowest BCUT2D eigenvalue weighted by Gasteiger charge is -2.25. The Morgan fingerprint density at radius 3 is 2.70 bits per heavy atom. The largest absolute Gasteiger partial charge is 0.493 e. The predicted octanol–water partition coefficient (Wildman–Crippen LogP) is 1.63. The molecule has 0 aromatic carbocycles. The van der Waals surface area contributed by atoms with E-state index in [2.05, 4.69) is 10.3 Å². The number of ketones is 1. The van der Waals surface area contributed by atoms with Crippen molar-refractivity contribution in [2.75, 3.05) is 12.4 Å². The van der Waals surface area contributed by atoms with Crippen LogP contribution < -0.4 is 21.4 Å². The first-order chi connectivity index (χ1) is 12.6. The Bertz CT molecular complexity index is 804. The summed E-state index contributed by atoms with van der Waals surface area (Å²) >= 11 is 1.16. The third-order valence-corrected chi connectivity index (χ3v) is 5.09. The normalized spacial score (nSPS) is 20.3. The molecule has 9 heteroatoms. The van der Waals surface area contributed by atoms with Gasteiger partial charge >= 0.3 is 5.63 Å². The molecule has 3 N–H and O–H groups in total. The van der Waals surface area contributed by atoms with Crippen LogP contribution in [0, 0.1) is 5.92 Å². The first-order valence-electron chi connectivity index (χ1n) is 8.76. The lowest BCUT2D eigenvalue weighted by Crippen LogP contribution is -2.54. The molecule has 0 fully saturated rings. The number of carbonyl (C=O) groups excluding carboxylic acids is 2. The van der Waals surface area contributed by atoms with Crippen molar-refractivity contribution in [3.05, 3.63) is 28.3 Å². The smallest absolute Gasteiger partial charge is 0.339 e. The van der Waals surface area contributed by atoms with Gasteiger partial charge in [0.25, 0.3) is 5.91 Å². The lowest BCUT2D eigenvalue weighted by atomic mass is 10.0. The molecule has 2 atom stereocenters. The minimum atomic E-state index is -1.53. The van der Waals surface area contributed by atoms with Crippen LogP contribution in [0.5, 0.6) is 5.75 Å². The van der Waals surface area contributed by atoms with Crippen molar-refractivity contribution >= 4 is 28.5 Å². The van der Waals surface area contributed by atoms with Crippen LogP contribution in [-0.2, 0) is 9.59 Å². The van der Waals surface area contributed by atoms with Crippen molar-refractivity contribution in [1.29, 1.82) is 0 Å². The second-order valence-corrected chi connectivity index (χ2v) is 7.75. The van der Waals surface area contributed by atoms with Crippen LogP contribution in [0.3, 0.4) is 0 Å². The quantitative estimate of drug-likeness (QED) is 0.685. The molecule has 0 bridgehead atoms. The summed E-state index contributed by atoms with van der Waals surface area (Å²) < 4.78 is 10.7. The molecule has 1 aromatic heterocycles. The molecular weight excluding hydrogens is 370 g/mol. The Morgan fingerprint density at radius 1 is 1.44 bits per heavy atom. The van der Waals surface area contributed by atoms with Gasteiger partial charge in [0.2, 0.25) is 0 Å². The standard InChI is InChI=1S/C18H25N3O5S/c1-5-25-12-7-14(26-15(23)8-12)13(6-10(2)3)20-17(24)18(19)9-27-16(21-18)11(4)22/h7-8,10,13H,5-6,9,19H2,1-4H3,(H,20,24)/t13-,18+/m1/s1. The predicted molar refractivity (Wildman–Crippen MR) is 104 cm³/mol. The van der Waals surface area contributed by atoms with Gasteiger partial charge in [-0.2, -0.15) is 0 Å². The molecule has 1 aliphatic heterocycles. The number of hydrogen-bond acceptors (Lipinski definition) is 8. The van der Waals surface area contributed by atoms with Crippen molar-refractivity contribution in [2.45, 2.75) is 45.8 Å². The fourth-order valence-corrected chi connectivity index (χ4v) is 3.60. The highest BCUT2D eigenvalue weighted by Crippen LogP contribution is 2.28. The average Bonchev–Trinajstić information content (AvgIpc) is 2.97. The number of ether oxygens (including phenoxy) is 1. The molecule has 148 valence electrons. The third-order valence-electron chi connectivity index (χ3n) is 3.85. The minimum absolute atomic E-state index is 0.172. The van der Waals surface area contributed by atoms with Gasteiger partial charge in [-0.05, 0) is 19.3 Å². The lowest BCUT2D eigenvalue weighted by molar-refractivity contribution is -0.126. The zero-order valence-electron chi connectivity index (χ0n) is 15.9. The summed E-state index contributed by atoms with van der Waals surface area (Å²) in [6.45, 7) is 7.56. The molecule has 1 amide bonds. The number of hydrogen-bond donors (Lipinski definition) is 2. The van der Waals surface area contributed by atoms with Crippen molar-refractivity contribution in [2.24, 2.45) is 16.6 Å². The number of nitrogens with zero attached hydrogens (tertiary/aromatic N) is 1. The first-order valence-corrected chi connectivity index (χ1v) is 9.74. The number of nitrogens with two attached hydrogens (primary N) is 1. The van der Waals surface area contributed by atoms with Crippen LogP contribution in [0.4, 0.5) is 0 Å². The maximum Gasteiger partial charge on any atom is 0.339 e.